The fraction of sp³-hybridized carbons (Fsp3) is 0.600. The molecule has 5 nitrogen and oxygen atoms in total. The Kier molecular flexibility index (Phi) is 7.76. The van der Waals surface area contributed by atoms with E-state index >= 15 is 0 Å². The maximum atomic E-state index is 11.8. The van der Waals surface area contributed by atoms with Crippen LogP contribution in [0, 0.1) is 19.8 Å². The molecule has 1 aliphatic rings. The summed E-state index contributed by atoms with van der Waals surface area (Å²) in [5.41, 5.74) is 6.86. The predicted octanol–water partition coefficient (Wildman–Crippen LogP) is 3.58. The second kappa shape index (κ2) is 10.1. The van der Waals surface area contributed by atoms with Gasteiger partial charge in [0, 0.05) is 6.42 Å². The molecular formula is C20H30N2O3. The highest BCUT2D eigenvalue weighted by atomic mass is 16.5. The van der Waals surface area contributed by atoms with Gasteiger partial charge in [-0.1, -0.05) is 50.3 Å². The molecule has 1 fully saturated rings. The topological polar surface area (TPSA) is 67.4 Å². The Bertz CT molecular complexity index is 560. The standard InChI is InChI=1S/C20H30N2O3/c1-15-8-6-9-16(2)20(15)25-14-19(24)22-21-18(23)13-7-12-17-10-4-3-5-11-17/h6,8-9,17H,3-5,7,10-14H2,1-2H3,(H,21,23)(H,22,24). The maximum Gasteiger partial charge on any atom is 0.276 e. The van der Waals surface area contributed by atoms with E-state index in [0.29, 0.717) is 6.42 Å². The lowest BCUT2D eigenvalue weighted by molar-refractivity contribution is -0.130. The third-order valence-corrected chi connectivity index (χ3v) is 4.84. The van der Waals surface area contributed by atoms with Crippen molar-refractivity contribution in [2.24, 2.45) is 5.92 Å². The molecule has 1 aromatic rings. The van der Waals surface area contributed by atoms with Gasteiger partial charge in [-0.25, -0.2) is 0 Å². The Hall–Kier alpha value is -2.04. The van der Waals surface area contributed by atoms with Crippen molar-refractivity contribution in [3.8, 4) is 5.75 Å². The average Bonchev–Trinajstić information content (AvgIpc) is 2.60. The van der Waals surface area contributed by atoms with E-state index in [4.69, 9.17) is 4.74 Å². The van der Waals surface area contributed by atoms with Crippen LogP contribution in [0.5, 0.6) is 5.75 Å². The van der Waals surface area contributed by atoms with E-state index in [1.165, 1.54) is 32.1 Å². The molecule has 1 aliphatic carbocycles. The molecule has 0 aliphatic heterocycles. The van der Waals surface area contributed by atoms with Gasteiger partial charge in [0.25, 0.3) is 5.91 Å². The summed E-state index contributed by atoms with van der Waals surface area (Å²) in [6.45, 7) is 3.76. The van der Waals surface area contributed by atoms with Gasteiger partial charge < -0.3 is 4.74 Å². The van der Waals surface area contributed by atoms with Crippen molar-refractivity contribution in [3.63, 3.8) is 0 Å². The molecule has 2 amide bonds. The molecular weight excluding hydrogens is 316 g/mol. The molecule has 5 heteroatoms. The molecule has 0 aromatic heterocycles. The third-order valence-electron chi connectivity index (χ3n) is 4.84. The summed E-state index contributed by atoms with van der Waals surface area (Å²) < 4.78 is 5.56. The van der Waals surface area contributed by atoms with E-state index in [1.807, 2.05) is 32.0 Å². The van der Waals surface area contributed by atoms with Gasteiger partial charge in [-0.2, -0.15) is 0 Å². The normalized spacial score (nSPS) is 14.8. The fourth-order valence-electron chi connectivity index (χ4n) is 3.43. The Morgan fingerprint density at radius 3 is 2.36 bits per heavy atom. The van der Waals surface area contributed by atoms with Crippen LogP contribution >= 0.6 is 0 Å². The summed E-state index contributed by atoms with van der Waals surface area (Å²) >= 11 is 0. The number of carbonyl (C=O) groups excluding carboxylic acids is 2. The van der Waals surface area contributed by atoms with Crippen molar-refractivity contribution >= 4 is 11.8 Å². The van der Waals surface area contributed by atoms with E-state index in [-0.39, 0.29) is 18.4 Å². The molecule has 138 valence electrons. The molecule has 2 rings (SSSR count). The number of nitrogens with one attached hydrogen (secondary N) is 2. The highest BCUT2D eigenvalue weighted by Gasteiger charge is 2.14. The highest BCUT2D eigenvalue weighted by Crippen LogP contribution is 2.27. The number of hydrogen-bond donors (Lipinski definition) is 2. The van der Waals surface area contributed by atoms with Crippen molar-refractivity contribution in [1.29, 1.82) is 0 Å². The number of hydrazine groups is 1. The van der Waals surface area contributed by atoms with Crippen molar-refractivity contribution in [1.82, 2.24) is 10.9 Å². The minimum Gasteiger partial charge on any atom is -0.483 e. The van der Waals surface area contributed by atoms with Gasteiger partial charge in [0.05, 0.1) is 0 Å². The largest absolute Gasteiger partial charge is 0.483 e. The smallest absolute Gasteiger partial charge is 0.276 e. The summed E-state index contributed by atoms with van der Waals surface area (Å²) in [4.78, 5) is 23.6. The number of carbonyl (C=O) groups is 2. The number of ether oxygens (including phenoxy) is 1. The van der Waals surface area contributed by atoms with Crippen LogP contribution in [-0.2, 0) is 9.59 Å². The first-order valence-electron chi connectivity index (χ1n) is 9.33. The minimum atomic E-state index is -0.358. The first-order chi connectivity index (χ1) is 12.1. The van der Waals surface area contributed by atoms with Gasteiger partial charge in [-0.05, 0) is 43.7 Å². The number of amides is 2. The number of para-hydroxylation sites is 1. The van der Waals surface area contributed by atoms with Crippen LogP contribution in [-0.4, -0.2) is 18.4 Å². The zero-order valence-electron chi connectivity index (χ0n) is 15.4. The molecule has 0 radical (unpaired) electrons. The zero-order valence-corrected chi connectivity index (χ0v) is 15.4. The second-order valence-corrected chi connectivity index (χ2v) is 7.00. The van der Waals surface area contributed by atoms with Crippen LogP contribution in [0.15, 0.2) is 18.2 Å². The van der Waals surface area contributed by atoms with Gasteiger partial charge in [0.2, 0.25) is 5.91 Å². The molecule has 1 saturated carbocycles. The Balaban J connectivity index is 1.60. The van der Waals surface area contributed by atoms with Gasteiger partial charge in [0.15, 0.2) is 6.61 Å². The SMILES string of the molecule is Cc1cccc(C)c1OCC(=O)NNC(=O)CCCC1CCCCC1. The molecule has 0 atom stereocenters. The lowest BCUT2D eigenvalue weighted by Gasteiger charge is -2.21. The Labute approximate surface area is 150 Å². The van der Waals surface area contributed by atoms with Gasteiger partial charge >= 0.3 is 0 Å². The fourth-order valence-corrected chi connectivity index (χ4v) is 3.43. The van der Waals surface area contributed by atoms with Crippen LogP contribution < -0.4 is 15.6 Å². The molecule has 0 saturated heterocycles. The van der Waals surface area contributed by atoms with Crippen molar-refractivity contribution in [2.45, 2.75) is 65.2 Å². The number of hydrogen-bond acceptors (Lipinski definition) is 3. The monoisotopic (exact) mass is 346 g/mol. The van der Waals surface area contributed by atoms with Gasteiger partial charge in [-0.3, -0.25) is 20.4 Å². The number of rotatable bonds is 7. The minimum absolute atomic E-state index is 0.117. The molecule has 0 spiro atoms. The van der Waals surface area contributed by atoms with Gasteiger partial charge in [-0.15, -0.1) is 0 Å². The number of benzene rings is 1. The van der Waals surface area contributed by atoms with E-state index in [1.54, 1.807) is 0 Å². The molecule has 1 aromatic carbocycles. The summed E-state index contributed by atoms with van der Waals surface area (Å²) in [5, 5.41) is 0. The third kappa shape index (κ3) is 6.77. The van der Waals surface area contributed by atoms with Crippen LogP contribution in [0.2, 0.25) is 0 Å². The quantitative estimate of drug-likeness (QED) is 0.742. The summed E-state index contributed by atoms with van der Waals surface area (Å²) in [7, 11) is 0. The van der Waals surface area contributed by atoms with E-state index in [2.05, 4.69) is 10.9 Å². The summed E-state index contributed by atoms with van der Waals surface area (Å²) in [6, 6.07) is 5.83. The summed E-state index contributed by atoms with van der Waals surface area (Å²) in [6.07, 6.45) is 9.05. The first-order valence-corrected chi connectivity index (χ1v) is 9.33. The van der Waals surface area contributed by atoms with E-state index in [0.717, 1.165) is 35.6 Å². The highest BCUT2D eigenvalue weighted by molar-refractivity contribution is 5.82. The second-order valence-electron chi connectivity index (χ2n) is 7.00. The van der Waals surface area contributed by atoms with Crippen molar-refractivity contribution < 1.29 is 14.3 Å². The molecule has 2 N–H and O–H groups in total. The van der Waals surface area contributed by atoms with Crippen LogP contribution in [0.3, 0.4) is 0 Å². The zero-order chi connectivity index (χ0) is 18.1. The molecule has 0 unspecified atom stereocenters. The lowest BCUT2D eigenvalue weighted by atomic mass is 9.86. The Morgan fingerprint density at radius 1 is 1.04 bits per heavy atom. The predicted molar refractivity (Wildman–Crippen MR) is 98.1 cm³/mol. The van der Waals surface area contributed by atoms with Crippen molar-refractivity contribution in [2.75, 3.05) is 6.61 Å². The van der Waals surface area contributed by atoms with E-state index < -0.39 is 0 Å². The molecule has 25 heavy (non-hydrogen) atoms. The van der Waals surface area contributed by atoms with Gasteiger partial charge in [0.1, 0.15) is 5.75 Å². The van der Waals surface area contributed by atoms with E-state index in [9.17, 15) is 9.59 Å². The maximum absolute atomic E-state index is 11.8. The molecule has 0 bridgehead atoms. The molecule has 0 heterocycles. The van der Waals surface area contributed by atoms with Crippen LogP contribution in [0.4, 0.5) is 0 Å². The van der Waals surface area contributed by atoms with Crippen molar-refractivity contribution in [3.05, 3.63) is 29.3 Å². The summed E-state index contributed by atoms with van der Waals surface area (Å²) in [5.74, 6) is 0.998. The lowest BCUT2D eigenvalue weighted by Crippen LogP contribution is -2.43. The number of aryl methyl sites for hydroxylation is 2. The first kappa shape index (κ1) is 19.3. The average molecular weight is 346 g/mol. The Morgan fingerprint density at radius 2 is 1.68 bits per heavy atom. The van der Waals surface area contributed by atoms with Crippen LogP contribution in [0.1, 0.15) is 62.5 Å². The van der Waals surface area contributed by atoms with Crippen LogP contribution in [0.25, 0.3) is 0 Å².